The zero-order chi connectivity index (χ0) is 11.1. The molecule has 0 aliphatic carbocycles. The Bertz CT molecular complexity index is 352. The molecule has 3 nitrogen and oxygen atoms in total. The molecule has 0 aliphatic rings. The van der Waals surface area contributed by atoms with Gasteiger partial charge in [-0.25, -0.2) is 0 Å². The van der Waals surface area contributed by atoms with E-state index >= 15 is 0 Å². The van der Waals surface area contributed by atoms with Crippen molar-refractivity contribution in [3.05, 3.63) is 41.4 Å². The third-order valence-corrected chi connectivity index (χ3v) is 2.29. The smallest absolute Gasteiger partial charge is 0.258 e. The molecule has 0 aliphatic heterocycles. The lowest BCUT2D eigenvalue weighted by atomic mass is 10.3. The number of rotatable bonds is 5. The van der Waals surface area contributed by atoms with Crippen molar-refractivity contribution in [3.8, 4) is 5.75 Å². The van der Waals surface area contributed by atoms with Gasteiger partial charge < -0.3 is 10.1 Å². The molecular formula is C11H12BrNO2. The number of ether oxygens (including phenoxy) is 1. The average molecular weight is 270 g/mol. The Kier molecular flexibility index (Phi) is 4.90. The first-order chi connectivity index (χ1) is 7.24. The lowest BCUT2D eigenvalue weighted by molar-refractivity contribution is -0.122. The van der Waals surface area contributed by atoms with Gasteiger partial charge in [0.15, 0.2) is 6.61 Å². The first kappa shape index (κ1) is 11.8. The van der Waals surface area contributed by atoms with Gasteiger partial charge in [0, 0.05) is 6.54 Å². The molecule has 80 valence electrons. The molecular weight excluding hydrogens is 258 g/mol. The average Bonchev–Trinajstić information content (AvgIpc) is 2.25. The molecule has 1 aromatic rings. The molecule has 0 saturated heterocycles. The van der Waals surface area contributed by atoms with Crippen LogP contribution in [0.5, 0.6) is 5.75 Å². The molecule has 0 spiro atoms. The normalized spacial score (nSPS) is 9.40. The fraction of sp³-hybridized carbons (Fsp3) is 0.182. The summed E-state index contributed by atoms with van der Waals surface area (Å²) in [5, 5.41) is 2.62. The van der Waals surface area contributed by atoms with E-state index in [1.807, 2.05) is 18.2 Å². The fourth-order valence-corrected chi connectivity index (χ4v) is 1.34. The summed E-state index contributed by atoms with van der Waals surface area (Å²) in [6.45, 7) is 3.97. The van der Waals surface area contributed by atoms with E-state index in [1.165, 1.54) is 0 Å². The zero-order valence-electron chi connectivity index (χ0n) is 8.20. The number of halogens is 1. The van der Waals surface area contributed by atoms with Gasteiger partial charge in [-0.1, -0.05) is 18.2 Å². The van der Waals surface area contributed by atoms with Crippen LogP contribution in [-0.2, 0) is 4.79 Å². The molecule has 4 heteroatoms. The standard InChI is InChI=1S/C11H12BrNO2/c1-2-7-13-11(14)8-15-10-6-4-3-5-9(10)12/h2-6H,1,7-8H2,(H,13,14). The quantitative estimate of drug-likeness (QED) is 0.832. The van der Waals surface area contributed by atoms with Gasteiger partial charge in [0.05, 0.1) is 4.47 Å². The van der Waals surface area contributed by atoms with Crippen LogP contribution >= 0.6 is 15.9 Å². The minimum atomic E-state index is -0.161. The van der Waals surface area contributed by atoms with E-state index in [2.05, 4.69) is 27.8 Å². The van der Waals surface area contributed by atoms with Crippen molar-refractivity contribution < 1.29 is 9.53 Å². The lowest BCUT2D eigenvalue weighted by Gasteiger charge is -2.07. The number of carbonyl (C=O) groups is 1. The number of para-hydroxylation sites is 1. The maximum absolute atomic E-state index is 11.2. The SMILES string of the molecule is C=CCNC(=O)COc1ccccc1Br. The Labute approximate surface area is 97.3 Å². The van der Waals surface area contributed by atoms with Gasteiger partial charge in [-0.05, 0) is 28.1 Å². The second-order valence-electron chi connectivity index (χ2n) is 2.81. The summed E-state index contributed by atoms with van der Waals surface area (Å²) in [6, 6.07) is 7.39. The van der Waals surface area contributed by atoms with Crippen molar-refractivity contribution in [2.24, 2.45) is 0 Å². The number of benzene rings is 1. The van der Waals surface area contributed by atoms with Crippen molar-refractivity contribution in [3.63, 3.8) is 0 Å². The second-order valence-corrected chi connectivity index (χ2v) is 3.67. The second kappa shape index (κ2) is 6.24. The number of amides is 1. The summed E-state index contributed by atoms with van der Waals surface area (Å²) in [7, 11) is 0. The maximum Gasteiger partial charge on any atom is 0.258 e. The predicted molar refractivity (Wildman–Crippen MR) is 62.8 cm³/mol. The van der Waals surface area contributed by atoms with Gasteiger partial charge >= 0.3 is 0 Å². The Morgan fingerprint density at radius 3 is 2.93 bits per heavy atom. The molecule has 0 heterocycles. The van der Waals surface area contributed by atoms with Crippen LogP contribution in [0.4, 0.5) is 0 Å². The van der Waals surface area contributed by atoms with E-state index in [0.29, 0.717) is 12.3 Å². The fourth-order valence-electron chi connectivity index (χ4n) is 0.942. The van der Waals surface area contributed by atoms with Gasteiger partial charge in [0.1, 0.15) is 5.75 Å². The van der Waals surface area contributed by atoms with Crippen molar-refractivity contribution >= 4 is 21.8 Å². The van der Waals surface area contributed by atoms with E-state index in [4.69, 9.17) is 4.74 Å². The number of carbonyl (C=O) groups excluding carboxylic acids is 1. The third kappa shape index (κ3) is 4.16. The van der Waals surface area contributed by atoms with Crippen LogP contribution in [0, 0.1) is 0 Å². The minimum Gasteiger partial charge on any atom is -0.483 e. The van der Waals surface area contributed by atoms with Crippen LogP contribution in [0.3, 0.4) is 0 Å². The van der Waals surface area contributed by atoms with Gasteiger partial charge in [0.2, 0.25) is 0 Å². The van der Waals surface area contributed by atoms with E-state index < -0.39 is 0 Å². The lowest BCUT2D eigenvalue weighted by Crippen LogP contribution is -2.28. The first-order valence-electron chi connectivity index (χ1n) is 4.49. The van der Waals surface area contributed by atoms with Gasteiger partial charge in [0.25, 0.3) is 5.91 Å². The zero-order valence-corrected chi connectivity index (χ0v) is 9.79. The molecule has 1 amide bonds. The van der Waals surface area contributed by atoms with Crippen LogP contribution in [0.25, 0.3) is 0 Å². The largest absolute Gasteiger partial charge is 0.483 e. The Hall–Kier alpha value is -1.29. The monoisotopic (exact) mass is 269 g/mol. The minimum absolute atomic E-state index is 0.0104. The van der Waals surface area contributed by atoms with Crippen LogP contribution in [0.15, 0.2) is 41.4 Å². The number of hydrogen-bond acceptors (Lipinski definition) is 2. The highest BCUT2D eigenvalue weighted by molar-refractivity contribution is 9.10. The Balaban J connectivity index is 2.40. The van der Waals surface area contributed by atoms with Crippen LogP contribution in [-0.4, -0.2) is 19.1 Å². The van der Waals surface area contributed by atoms with E-state index in [9.17, 15) is 4.79 Å². The summed E-state index contributed by atoms with van der Waals surface area (Å²) in [5.74, 6) is 0.497. The number of nitrogens with one attached hydrogen (secondary N) is 1. The van der Waals surface area contributed by atoms with E-state index in [0.717, 1.165) is 4.47 Å². The molecule has 1 aromatic carbocycles. The van der Waals surface area contributed by atoms with Crippen LogP contribution < -0.4 is 10.1 Å². The van der Waals surface area contributed by atoms with E-state index in [1.54, 1.807) is 12.1 Å². The van der Waals surface area contributed by atoms with Gasteiger partial charge in [-0.15, -0.1) is 6.58 Å². The van der Waals surface area contributed by atoms with Crippen LogP contribution in [0.2, 0.25) is 0 Å². The molecule has 0 radical (unpaired) electrons. The molecule has 0 unspecified atom stereocenters. The summed E-state index contributed by atoms with van der Waals surface area (Å²) in [5.41, 5.74) is 0. The highest BCUT2D eigenvalue weighted by Gasteiger charge is 2.03. The van der Waals surface area contributed by atoms with Crippen molar-refractivity contribution in [2.75, 3.05) is 13.2 Å². The molecule has 0 fully saturated rings. The third-order valence-electron chi connectivity index (χ3n) is 1.64. The van der Waals surface area contributed by atoms with Crippen molar-refractivity contribution in [2.45, 2.75) is 0 Å². The highest BCUT2D eigenvalue weighted by Crippen LogP contribution is 2.23. The predicted octanol–water partition coefficient (Wildman–Crippen LogP) is 2.13. The highest BCUT2D eigenvalue weighted by atomic mass is 79.9. The summed E-state index contributed by atoms with van der Waals surface area (Å²) < 4.78 is 6.14. The first-order valence-corrected chi connectivity index (χ1v) is 5.28. The Morgan fingerprint density at radius 1 is 1.53 bits per heavy atom. The molecule has 15 heavy (non-hydrogen) atoms. The van der Waals surface area contributed by atoms with Crippen molar-refractivity contribution in [1.29, 1.82) is 0 Å². The summed E-state index contributed by atoms with van der Waals surface area (Å²) in [6.07, 6.45) is 1.62. The van der Waals surface area contributed by atoms with E-state index in [-0.39, 0.29) is 12.5 Å². The topological polar surface area (TPSA) is 38.3 Å². The van der Waals surface area contributed by atoms with Crippen LogP contribution in [0.1, 0.15) is 0 Å². The van der Waals surface area contributed by atoms with Gasteiger partial charge in [-0.3, -0.25) is 4.79 Å². The molecule has 0 atom stereocenters. The molecule has 1 N–H and O–H groups in total. The maximum atomic E-state index is 11.2. The molecule has 1 rings (SSSR count). The Morgan fingerprint density at radius 2 is 2.27 bits per heavy atom. The molecule has 0 bridgehead atoms. The summed E-state index contributed by atoms with van der Waals surface area (Å²) in [4.78, 5) is 11.2. The van der Waals surface area contributed by atoms with Gasteiger partial charge in [-0.2, -0.15) is 0 Å². The molecule has 0 aromatic heterocycles. The summed E-state index contributed by atoms with van der Waals surface area (Å²) >= 11 is 3.33. The number of hydrogen-bond donors (Lipinski definition) is 1. The molecule has 0 saturated carbocycles. The van der Waals surface area contributed by atoms with Crippen molar-refractivity contribution in [1.82, 2.24) is 5.32 Å².